The standard InChI is InChI=1S/2C26H25ClFNO.C21H24FNO2.C20H22FNO2.2CH4/c2*1-16-12-24-21(14-23(16)28)20(8-11-29-24)18-6-9-26(10-7-18)15-22(26)25(30)13-17-2-4-19(27)5-3-17;1-3-25-20(24)17-12-21(17)7-4-14(5-8-21)15-6-9-23-19-10-13(2)18(22)11-16(15)19;1-2-24-19(23)17-12-20(17)8-5-13(6-9-20)15-7-10-22-18-4-3-14(21)11-16(15)18;;/h2*2-5,8,11-12,14,18,22H,6-7,9-10,13,15H2,1H3;6,9-11,14,17H,3-5,7-8,12H2,1-2H3;3-4,7,10-11,13,17H,2,5-6,8-9,12H2,1H3;2*1H4. The summed E-state index contributed by atoms with van der Waals surface area (Å²) in [6, 6.07) is 38.6. The summed E-state index contributed by atoms with van der Waals surface area (Å²) < 4.78 is 66.5. The fourth-order valence-corrected chi connectivity index (χ4v) is 20.2. The summed E-state index contributed by atoms with van der Waals surface area (Å²) in [5.74, 6) is 2.23. The average Bonchev–Trinajstić information content (AvgIpc) is 1.60. The Morgan fingerprint density at radius 3 is 0.964 bits per heavy atom. The Bertz CT molecular complexity index is 4920. The molecule has 4 aromatic heterocycles. The van der Waals surface area contributed by atoms with Crippen LogP contribution in [0.1, 0.15) is 231 Å². The van der Waals surface area contributed by atoms with Gasteiger partial charge in [0.2, 0.25) is 0 Å². The highest BCUT2D eigenvalue weighted by Crippen LogP contribution is 2.67. The lowest BCUT2D eigenvalue weighted by Crippen LogP contribution is -2.20. The van der Waals surface area contributed by atoms with Gasteiger partial charge in [-0.05, 0) is 362 Å². The average molecular weight is 1540 g/mol. The van der Waals surface area contributed by atoms with E-state index in [1.165, 1.54) is 28.3 Å². The third-order valence-corrected chi connectivity index (χ3v) is 27.4. The molecule has 4 spiro atoms. The predicted molar refractivity (Wildman–Crippen MR) is 435 cm³/mol. The van der Waals surface area contributed by atoms with Crippen LogP contribution in [0.4, 0.5) is 17.6 Å². The second kappa shape index (κ2) is 33.3. The van der Waals surface area contributed by atoms with Gasteiger partial charge in [-0.15, -0.1) is 0 Å². The van der Waals surface area contributed by atoms with Gasteiger partial charge in [-0.1, -0.05) is 62.3 Å². The number of benzene rings is 6. The lowest BCUT2D eigenvalue weighted by molar-refractivity contribution is -0.146. The van der Waals surface area contributed by atoms with Crippen molar-refractivity contribution in [1.29, 1.82) is 0 Å². The molecule has 8 aliphatic carbocycles. The monoisotopic (exact) mass is 1540 g/mol. The molecule has 18 rings (SSSR count). The third kappa shape index (κ3) is 17.1. The minimum Gasteiger partial charge on any atom is -0.466 e. The SMILES string of the molecule is C.C.CCOC(=O)C1CC12CCC(c1ccnc3cc(C)c(F)cc13)CC2.CCOC(=O)C1CC12CCC(c1ccnc3ccc(F)cc13)CC2.Cc1cc2nccc(C3CCC4(CC3)CC4C(=O)Cc3ccc(Cl)cc3)c2cc1F.Cc1cc2nccc(C3CCC4(CC3)CC4C(=O)Cc3ccc(Cl)cc3)c2cc1F. The van der Waals surface area contributed by atoms with E-state index in [9.17, 15) is 36.7 Å². The number of nitrogens with zero attached hydrogens (tertiary/aromatic N) is 4. The highest BCUT2D eigenvalue weighted by atomic mass is 35.5. The lowest BCUT2D eigenvalue weighted by Gasteiger charge is -2.30. The molecule has 582 valence electrons. The summed E-state index contributed by atoms with van der Waals surface area (Å²) in [5, 5.41) is 5.14. The maximum absolute atomic E-state index is 14.2. The molecule has 0 bridgehead atoms. The van der Waals surface area contributed by atoms with E-state index in [0.29, 0.717) is 88.0 Å². The number of carbonyl (C=O) groups excluding carboxylic acids is 4. The minimum atomic E-state index is -0.214. The Labute approximate surface area is 661 Å². The third-order valence-electron chi connectivity index (χ3n) is 26.9. The summed E-state index contributed by atoms with van der Waals surface area (Å²) in [6.07, 6.45) is 29.3. The normalized spacial score (nSPS) is 26.4. The molecule has 4 heterocycles. The summed E-state index contributed by atoms with van der Waals surface area (Å²) in [7, 11) is 0. The van der Waals surface area contributed by atoms with Gasteiger partial charge in [-0.25, -0.2) is 17.6 Å². The molecule has 0 amide bonds. The molecule has 0 saturated heterocycles. The number of rotatable bonds is 14. The number of hydrogen-bond donors (Lipinski definition) is 0. The first-order chi connectivity index (χ1) is 52.6. The van der Waals surface area contributed by atoms with Gasteiger partial charge in [0, 0.05) is 81.1 Å². The van der Waals surface area contributed by atoms with Crippen molar-refractivity contribution in [2.24, 2.45) is 45.3 Å². The van der Waals surface area contributed by atoms with Gasteiger partial charge >= 0.3 is 11.9 Å². The number of carbonyl (C=O) groups is 4. The first-order valence-corrected chi connectivity index (χ1v) is 40.4. The molecular formula is C95H104Cl2F4N4O6. The molecule has 10 nitrogen and oxygen atoms in total. The van der Waals surface area contributed by atoms with Crippen molar-refractivity contribution in [3.05, 3.63) is 236 Å². The van der Waals surface area contributed by atoms with Gasteiger partial charge in [-0.2, -0.15) is 0 Å². The van der Waals surface area contributed by atoms with Crippen LogP contribution in [0.15, 0.2) is 152 Å². The van der Waals surface area contributed by atoms with E-state index in [1.807, 2.05) is 117 Å². The lowest BCUT2D eigenvalue weighted by atomic mass is 9.74. The number of fused-ring (bicyclic) bond motifs is 4. The van der Waals surface area contributed by atoms with Gasteiger partial charge < -0.3 is 9.47 Å². The zero-order chi connectivity index (χ0) is 76.1. The van der Waals surface area contributed by atoms with Crippen LogP contribution in [-0.2, 0) is 41.5 Å². The van der Waals surface area contributed by atoms with Crippen molar-refractivity contribution in [2.45, 2.75) is 214 Å². The fraction of sp³-hybridized carbons (Fsp3) is 0.453. The Morgan fingerprint density at radius 1 is 0.378 bits per heavy atom. The number of aryl methyl sites for hydroxylation is 3. The van der Waals surface area contributed by atoms with Crippen molar-refractivity contribution >= 4 is 90.3 Å². The molecule has 8 saturated carbocycles. The smallest absolute Gasteiger partial charge is 0.309 e. The Hall–Kier alpha value is -8.46. The Morgan fingerprint density at radius 2 is 0.658 bits per heavy atom. The first-order valence-electron chi connectivity index (χ1n) is 39.6. The molecule has 4 unspecified atom stereocenters. The van der Waals surface area contributed by atoms with Crippen molar-refractivity contribution in [3.63, 3.8) is 0 Å². The molecule has 0 aliphatic heterocycles. The molecule has 6 aromatic carbocycles. The van der Waals surface area contributed by atoms with Crippen LogP contribution in [-0.4, -0.2) is 56.7 Å². The summed E-state index contributed by atoms with van der Waals surface area (Å²) >= 11 is 11.9. The number of pyridine rings is 4. The van der Waals surface area contributed by atoms with E-state index in [-0.39, 0.29) is 95.4 Å². The van der Waals surface area contributed by atoms with E-state index in [0.717, 1.165) is 183 Å². The quantitative estimate of drug-likeness (QED) is 0.0764. The molecule has 16 heteroatoms. The maximum Gasteiger partial charge on any atom is 0.309 e. The van der Waals surface area contributed by atoms with E-state index in [1.54, 1.807) is 51.1 Å². The summed E-state index contributed by atoms with van der Waals surface area (Å²) in [6.45, 7) is 9.97. The van der Waals surface area contributed by atoms with E-state index in [2.05, 4.69) is 32.1 Å². The molecule has 0 N–H and O–H groups in total. The number of halogens is 6. The number of esters is 2. The zero-order valence-corrected chi connectivity index (χ0v) is 64.5. The van der Waals surface area contributed by atoms with Crippen molar-refractivity contribution in [3.8, 4) is 0 Å². The second-order valence-electron chi connectivity index (χ2n) is 33.2. The van der Waals surface area contributed by atoms with Crippen LogP contribution < -0.4 is 0 Å². The van der Waals surface area contributed by atoms with E-state index >= 15 is 0 Å². The van der Waals surface area contributed by atoms with Gasteiger partial charge in [0.1, 0.15) is 34.8 Å². The first kappa shape index (κ1) is 80.6. The Balaban J connectivity index is 0.000000130. The number of ether oxygens (including phenoxy) is 2. The van der Waals surface area contributed by atoms with Crippen LogP contribution in [0.3, 0.4) is 0 Å². The molecule has 111 heavy (non-hydrogen) atoms. The largest absolute Gasteiger partial charge is 0.466 e. The molecule has 8 fully saturated rings. The molecule has 0 radical (unpaired) electrons. The number of ketones is 2. The Kier molecular flexibility index (Phi) is 24.2. The summed E-state index contributed by atoms with van der Waals surface area (Å²) in [4.78, 5) is 67.3. The zero-order valence-electron chi connectivity index (χ0n) is 63.0. The van der Waals surface area contributed by atoms with Crippen LogP contribution in [0, 0.1) is 89.4 Å². The van der Waals surface area contributed by atoms with Crippen molar-refractivity contribution < 1.29 is 46.2 Å². The van der Waals surface area contributed by atoms with Crippen LogP contribution in [0.2, 0.25) is 10.0 Å². The highest BCUT2D eigenvalue weighted by molar-refractivity contribution is 6.30. The number of aromatic nitrogens is 4. The highest BCUT2D eigenvalue weighted by Gasteiger charge is 2.62. The van der Waals surface area contributed by atoms with Gasteiger partial charge in [0.05, 0.1) is 47.1 Å². The van der Waals surface area contributed by atoms with Crippen LogP contribution in [0.5, 0.6) is 0 Å². The number of hydrogen-bond acceptors (Lipinski definition) is 10. The van der Waals surface area contributed by atoms with E-state index < -0.39 is 0 Å². The maximum atomic E-state index is 14.2. The van der Waals surface area contributed by atoms with E-state index in [4.69, 9.17) is 32.7 Å². The molecule has 10 aromatic rings. The van der Waals surface area contributed by atoms with Crippen molar-refractivity contribution in [2.75, 3.05) is 13.2 Å². The fourth-order valence-electron chi connectivity index (χ4n) is 20.0. The van der Waals surface area contributed by atoms with Crippen LogP contribution in [0.25, 0.3) is 43.6 Å². The van der Waals surface area contributed by atoms with Gasteiger partial charge in [-0.3, -0.25) is 39.1 Å². The number of Topliss-reactive ketones (excluding diaryl/α,β-unsaturated/α-hetero) is 2. The molecular weight excluding hydrogens is 1440 g/mol. The minimum absolute atomic E-state index is 0. The molecule has 8 aliphatic rings. The predicted octanol–water partition coefficient (Wildman–Crippen LogP) is 24.4. The second-order valence-corrected chi connectivity index (χ2v) is 34.1. The van der Waals surface area contributed by atoms with Gasteiger partial charge in [0.25, 0.3) is 0 Å². The van der Waals surface area contributed by atoms with Crippen LogP contribution >= 0.6 is 23.2 Å². The van der Waals surface area contributed by atoms with Crippen molar-refractivity contribution in [1.82, 2.24) is 19.9 Å². The van der Waals surface area contributed by atoms with Gasteiger partial charge in [0.15, 0.2) is 0 Å². The summed E-state index contributed by atoms with van der Waals surface area (Å²) in [5.41, 5.74) is 13.0. The topological polar surface area (TPSA) is 138 Å². The molecule has 4 atom stereocenters.